The fourth-order valence-electron chi connectivity index (χ4n) is 4.48. The molecule has 192 valence electrons. The van der Waals surface area contributed by atoms with Crippen molar-refractivity contribution in [2.45, 2.75) is 59.1 Å². The van der Waals surface area contributed by atoms with E-state index in [0.717, 1.165) is 15.6 Å². The predicted octanol–water partition coefficient (Wildman–Crippen LogP) is 7.47. The summed E-state index contributed by atoms with van der Waals surface area (Å²) in [4.78, 5) is 28.4. The molecule has 0 aliphatic carbocycles. The summed E-state index contributed by atoms with van der Waals surface area (Å²) >= 11 is 3.48. The van der Waals surface area contributed by atoms with Crippen LogP contribution in [0.25, 0.3) is 5.76 Å². The number of aryl methyl sites for hydroxylation is 1. The molecule has 0 saturated carbocycles. The summed E-state index contributed by atoms with van der Waals surface area (Å²) in [7, 11) is 0. The number of halogens is 1. The van der Waals surface area contributed by atoms with Gasteiger partial charge in [-0.2, -0.15) is 0 Å². The van der Waals surface area contributed by atoms with Crippen molar-refractivity contribution in [3.63, 3.8) is 0 Å². The zero-order valence-electron chi connectivity index (χ0n) is 22.0. The van der Waals surface area contributed by atoms with Crippen molar-refractivity contribution < 1.29 is 19.4 Å². The largest absolute Gasteiger partial charge is 0.507 e. The van der Waals surface area contributed by atoms with Crippen LogP contribution in [0.1, 0.15) is 62.9 Å². The molecule has 1 unspecified atom stereocenters. The van der Waals surface area contributed by atoms with Gasteiger partial charge in [-0.15, -0.1) is 0 Å². The van der Waals surface area contributed by atoms with Crippen LogP contribution in [0.5, 0.6) is 5.75 Å². The maximum absolute atomic E-state index is 13.4. The Bertz CT molecular complexity index is 1370. The lowest BCUT2D eigenvalue weighted by molar-refractivity contribution is -0.132. The molecule has 0 radical (unpaired) electrons. The van der Waals surface area contributed by atoms with Gasteiger partial charge in [-0.25, -0.2) is 0 Å². The molecular weight excluding hydrogens is 530 g/mol. The SMILES string of the molecule is Cc1cc(/C(O)=C2/C(=O)C(=O)N(c3ccc(C(C)(C)C)cc3)C2c2ccc(OC(C)C)cc2)ccc1Br. The topological polar surface area (TPSA) is 66.8 Å². The van der Waals surface area contributed by atoms with Crippen LogP contribution in [0.3, 0.4) is 0 Å². The molecule has 0 spiro atoms. The van der Waals surface area contributed by atoms with Crippen LogP contribution in [0.4, 0.5) is 5.69 Å². The van der Waals surface area contributed by atoms with E-state index in [1.165, 1.54) is 4.90 Å². The number of ether oxygens (including phenoxy) is 1. The molecule has 1 aliphatic heterocycles. The van der Waals surface area contributed by atoms with Gasteiger partial charge in [0.15, 0.2) is 0 Å². The summed E-state index contributed by atoms with van der Waals surface area (Å²) in [6, 6.07) is 19.5. The van der Waals surface area contributed by atoms with Crippen LogP contribution >= 0.6 is 15.9 Å². The summed E-state index contributed by atoms with van der Waals surface area (Å²) in [5, 5.41) is 11.4. The second-order valence-electron chi connectivity index (χ2n) is 10.7. The third-order valence-electron chi connectivity index (χ3n) is 6.45. The van der Waals surface area contributed by atoms with Crippen LogP contribution in [-0.2, 0) is 15.0 Å². The number of aliphatic hydroxyl groups is 1. The molecule has 1 saturated heterocycles. The second-order valence-corrected chi connectivity index (χ2v) is 11.5. The zero-order valence-corrected chi connectivity index (χ0v) is 23.6. The van der Waals surface area contributed by atoms with Crippen molar-refractivity contribution in [1.29, 1.82) is 0 Å². The first-order valence-corrected chi connectivity index (χ1v) is 13.1. The highest BCUT2D eigenvalue weighted by Crippen LogP contribution is 2.43. The van der Waals surface area contributed by atoms with E-state index in [1.807, 2.05) is 75.4 Å². The predicted molar refractivity (Wildman–Crippen MR) is 151 cm³/mol. The number of anilines is 1. The maximum Gasteiger partial charge on any atom is 0.300 e. The summed E-state index contributed by atoms with van der Waals surface area (Å²) < 4.78 is 6.67. The Morgan fingerprint density at radius 1 is 0.973 bits per heavy atom. The van der Waals surface area contributed by atoms with Crippen molar-refractivity contribution in [2.75, 3.05) is 4.90 Å². The fraction of sp³-hybridized carbons (Fsp3) is 0.290. The molecule has 1 heterocycles. The number of nitrogens with zero attached hydrogens (tertiary/aromatic N) is 1. The minimum absolute atomic E-state index is 0.0125. The van der Waals surface area contributed by atoms with Gasteiger partial charge >= 0.3 is 0 Å². The van der Waals surface area contributed by atoms with Crippen molar-refractivity contribution in [2.24, 2.45) is 0 Å². The maximum atomic E-state index is 13.4. The first kappa shape index (κ1) is 26.7. The monoisotopic (exact) mass is 561 g/mol. The lowest BCUT2D eigenvalue weighted by Gasteiger charge is -2.27. The first-order valence-electron chi connectivity index (χ1n) is 12.3. The molecule has 3 aromatic carbocycles. The fourth-order valence-corrected chi connectivity index (χ4v) is 4.73. The Morgan fingerprint density at radius 3 is 2.14 bits per heavy atom. The minimum atomic E-state index is -0.794. The van der Waals surface area contributed by atoms with Crippen molar-refractivity contribution >= 4 is 39.1 Å². The molecule has 1 amide bonds. The quantitative estimate of drug-likeness (QED) is 0.199. The van der Waals surface area contributed by atoms with Crippen LogP contribution in [-0.4, -0.2) is 22.9 Å². The number of carbonyl (C=O) groups excluding carboxylic acids is 2. The summed E-state index contributed by atoms with van der Waals surface area (Å²) in [5.41, 5.74) is 3.79. The van der Waals surface area contributed by atoms with E-state index in [0.29, 0.717) is 22.6 Å². The summed E-state index contributed by atoms with van der Waals surface area (Å²) in [5.74, 6) is -0.902. The van der Waals surface area contributed by atoms with Gasteiger partial charge in [-0.3, -0.25) is 14.5 Å². The van der Waals surface area contributed by atoms with E-state index in [2.05, 4.69) is 36.7 Å². The van der Waals surface area contributed by atoms with E-state index in [1.54, 1.807) is 12.1 Å². The normalized spacial score (nSPS) is 17.5. The van der Waals surface area contributed by atoms with E-state index >= 15 is 0 Å². The third kappa shape index (κ3) is 5.35. The van der Waals surface area contributed by atoms with Crippen LogP contribution in [0.15, 0.2) is 76.8 Å². The molecule has 5 nitrogen and oxygen atoms in total. The molecular formula is C31H32BrNO4. The van der Waals surface area contributed by atoms with Gasteiger partial charge in [-0.05, 0) is 79.3 Å². The van der Waals surface area contributed by atoms with Gasteiger partial charge in [0, 0.05) is 15.7 Å². The Kier molecular flexibility index (Phi) is 7.33. The second kappa shape index (κ2) is 10.2. The smallest absolute Gasteiger partial charge is 0.300 e. The standard InChI is InChI=1S/C31H32BrNO4/c1-18(2)37-24-14-7-20(8-15-24)27-26(28(34)21-9-16-25(32)19(3)17-21)29(35)30(36)33(27)23-12-10-22(11-13-23)31(4,5)6/h7-18,27,34H,1-6H3/b28-26-. The zero-order chi connectivity index (χ0) is 27.1. The molecule has 1 fully saturated rings. The van der Waals surface area contributed by atoms with E-state index in [-0.39, 0.29) is 22.9 Å². The van der Waals surface area contributed by atoms with Gasteiger partial charge in [0.05, 0.1) is 17.7 Å². The number of amides is 1. The van der Waals surface area contributed by atoms with Crippen molar-refractivity contribution in [3.05, 3.63) is 99.0 Å². The number of ketones is 1. The highest BCUT2D eigenvalue weighted by Gasteiger charge is 2.47. The molecule has 0 aromatic heterocycles. The van der Waals surface area contributed by atoms with E-state index in [4.69, 9.17) is 4.74 Å². The lowest BCUT2D eigenvalue weighted by atomic mass is 9.87. The number of hydrogen-bond acceptors (Lipinski definition) is 4. The van der Waals surface area contributed by atoms with Gasteiger partial charge in [0.25, 0.3) is 11.7 Å². The van der Waals surface area contributed by atoms with Crippen molar-refractivity contribution in [1.82, 2.24) is 0 Å². The average molecular weight is 563 g/mol. The molecule has 4 rings (SSSR count). The first-order chi connectivity index (χ1) is 17.4. The highest BCUT2D eigenvalue weighted by atomic mass is 79.9. The molecule has 3 aromatic rings. The molecule has 37 heavy (non-hydrogen) atoms. The van der Waals surface area contributed by atoms with Gasteiger partial charge in [0.2, 0.25) is 0 Å². The summed E-state index contributed by atoms with van der Waals surface area (Å²) in [6.45, 7) is 12.2. The number of benzene rings is 3. The number of Topliss-reactive ketones (excluding diaryl/α,β-unsaturated/α-hetero) is 1. The molecule has 1 N–H and O–H groups in total. The number of rotatable bonds is 5. The molecule has 0 bridgehead atoms. The molecule has 1 atom stereocenters. The Balaban J connectivity index is 1.88. The van der Waals surface area contributed by atoms with Gasteiger partial charge in [0.1, 0.15) is 11.5 Å². The minimum Gasteiger partial charge on any atom is -0.507 e. The Hall–Kier alpha value is -3.38. The van der Waals surface area contributed by atoms with Gasteiger partial charge < -0.3 is 9.84 Å². The number of carbonyl (C=O) groups is 2. The number of hydrogen-bond donors (Lipinski definition) is 1. The van der Waals surface area contributed by atoms with Crippen molar-refractivity contribution in [3.8, 4) is 5.75 Å². The highest BCUT2D eigenvalue weighted by molar-refractivity contribution is 9.10. The van der Waals surface area contributed by atoms with Gasteiger partial charge in [-0.1, -0.05) is 67.0 Å². The van der Waals surface area contributed by atoms with E-state index < -0.39 is 17.7 Å². The Labute approximate surface area is 226 Å². The molecule has 1 aliphatic rings. The lowest BCUT2D eigenvalue weighted by Crippen LogP contribution is -2.29. The summed E-state index contributed by atoms with van der Waals surface area (Å²) in [6.07, 6.45) is 0.0125. The van der Waals surface area contributed by atoms with Crippen LogP contribution in [0.2, 0.25) is 0 Å². The number of aliphatic hydroxyl groups excluding tert-OH is 1. The molecule has 6 heteroatoms. The van der Waals surface area contributed by atoms with E-state index in [9.17, 15) is 14.7 Å². The van der Waals surface area contributed by atoms with Crippen LogP contribution in [0, 0.1) is 6.92 Å². The average Bonchev–Trinajstić information content (AvgIpc) is 3.10. The third-order valence-corrected chi connectivity index (χ3v) is 7.34. The Morgan fingerprint density at radius 2 is 1.59 bits per heavy atom. The van der Waals surface area contributed by atoms with Crippen LogP contribution < -0.4 is 9.64 Å².